The van der Waals surface area contributed by atoms with Gasteiger partial charge in [0.25, 0.3) is 0 Å². The summed E-state index contributed by atoms with van der Waals surface area (Å²) >= 11 is 6.23. The van der Waals surface area contributed by atoms with E-state index in [9.17, 15) is 5.11 Å². The Kier molecular flexibility index (Phi) is 5.26. The van der Waals surface area contributed by atoms with Crippen LogP contribution in [0.25, 0.3) is 0 Å². The van der Waals surface area contributed by atoms with E-state index in [0.29, 0.717) is 28.6 Å². The lowest BCUT2D eigenvalue weighted by atomic mass is 9.97. The molecule has 0 bridgehead atoms. The fraction of sp³-hybridized carbons (Fsp3) is 0.538. The van der Waals surface area contributed by atoms with Gasteiger partial charge < -0.3 is 19.9 Å². The molecule has 1 aromatic rings. The fourth-order valence-corrected chi connectivity index (χ4v) is 2.44. The van der Waals surface area contributed by atoms with Crippen LogP contribution < -0.4 is 14.8 Å². The molecule has 0 spiro atoms. The molecular weight excluding hydrogens is 254 g/mol. The molecule has 0 radical (unpaired) electrons. The van der Waals surface area contributed by atoms with Gasteiger partial charge in [0.05, 0.1) is 25.3 Å². The summed E-state index contributed by atoms with van der Waals surface area (Å²) in [4.78, 5) is 0. The zero-order valence-corrected chi connectivity index (χ0v) is 12.2. The van der Waals surface area contributed by atoms with E-state index in [1.54, 1.807) is 21.3 Å². The van der Waals surface area contributed by atoms with Crippen LogP contribution in [0.2, 0.25) is 5.02 Å². The molecule has 0 aromatic heterocycles. The third-order valence-electron chi connectivity index (χ3n) is 3.00. The molecule has 0 amide bonds. The Labute approximate surface area is 113 Å². The van der Waals surface area contributed by atoms with Crippen LogP contribution in [0.1, 0.15) is 22.8 Å². The van der Waals surface area contributed by atoms with Crippen LogP contribution in [0.15, 0.2) is 0 Å². The zero-order chi connectivity index (χ0) is 13.9. The van der Waals surface area contributed by atoms with Crippen LogP contribution in [-0.2, 0) is 0 Å². The van der Waals surface area contributed by atoms with Gasteiger partial charge >= 0.3 is 0 Å². The summed E-state index contributed by atoms with van der Waals surface area (Å²) in [6.45, 7) is 4.14. The number of halogens is 1. The molecule has 18 heavy (non-hydrogen) atoms. The van der Waals surface area contributed by atoms with Gasteiger partial charge in [-0.2, -0.15) is 0 Å². The lowest BCUT2D eigenvalue weighted by Gasteiger charge is -2.22. The number of hydrogen-bond acceptors (Lipinski definition) is 4. The van der Waals surface area contributed by atoms with Gasteiger partial charge in [-0.05, 0) is 20.9 Å². The predicted molar refractivity (Wildman–Crippen MR) is 72.9 cm³/mol. The number of likely N-dealkylation sites (N-methyl/N-ethyl adjacent to an activating group) is 1. The van der Waals surface area contributed by atoms with E-state index in [0.717, 1.165) is 11.1 Å². The number of methoxy groups -OCH3 is 2. The minimum atomic E-state index is -0.671. The third kappa shape index (κ3) is 2.55. The van der Waals surface area contributed by atoms with Gasteiger partial charge in [0.1, 0.15) is 11.5 Å². The molecule has 1 atom stereocenters. The number of rotatable bonds is 5. The van der Waals surface area contributed by atoms with Crippen molar-refractivity contribution in [2.45, 2.75) is 20.0 Å². The molecular formula is C13H20ClNO3. The number of aliphatic hydroxyl groups is 1. The summed E-state index contributed by atoms with van der Waals surface area (Å²) < 4.78 is 10.7. The molecule has 0 saturated carbocycles. The molecule has 0 fully saturated rings. The van der Waals surface area contributed by atoms with Crippen molar-refractivity contribution in [1.82, 2.24) is 5.32 Å². The molecule has 1 aromatic carbocycles. The van der Waals surface area contributed by atoms with E-state index >= 15 is 0 Å². The standard InChI is InChI=1S/C13H20ClNO3/c1-7-10(9(16)6-15-3)12(17-4)8(2)11(14)13(7)18-5/h9,15-16H,6H2,1-5H3. The summed E-state index contributed by atoms with van der Waals surface area (Å²) in [7, 11) is 4.92. The Bertz CT molecular complexity index is 435. The Morgan fingerprint density at radius 3 is 2.17 bits per heavy atom. The number of aliphatic hydroxyl groups excluding tert-OH is 1. The number of benzene rings is 1. The molecule has 0 aliphatic carbocycles. The van der Waals surface area contributed by atoms with E-state index in [4.69, 9.17) is 21.1 Å². The summed E-state index contributed by atoms with van der Waals surface area (Å²) in [5.74, 6) is 1.20. The van der Waals surface area contributed by atoms with Gasteiger partial charge in [0.15, 0.2) is 0 Å². The molecule has 4 nitrogen and oxygen atoms in total. The molecule has 0 heterocycles. The van der Waals surface area contributed by atoms with Crippen LogP contribution in [0.5, 0.6) is 11.5 Å². The quantitative estimate of drug-likeness (QED) is 0.864. The number of hydrogen-bond donors (Lipinski definition) is 2. The monoisotopic (exact) mass is 273 g/mol. The van der Waals surface area contributed by atoms with E-state index in [1.807, 2.05) is 13.8 Å². The highest BCUT2D eigenvalue weighted by Gasteiger charge is 2.24. The Morgan fingerprint density at radius 1 is 1.17 bits per heavy atom. The summed E-state index contributed by atoms with van der Waals surface area (Å²) in [5, 5.41) is 13.7. The fourth-order valence-electron chi connectivity index (χ4n) is 2.13. The van der Waals surface area contributed by atoms with Crippen molar-refractivity contribution in [2.75, 3.05) is 27.8 Å². The van der Waals surface area contributed by atoms with Crippen LogP contribution in [0, 0.1) is 13.8 Å². The predicted octanol–water partition coefficient (Wildman–Crippen LogP) is 2.23. The van der Waals surface area contributed by atoms with E-state index in [-0.39, 0.29) is 0 Å². The average Bonchev–Trinajstić information content (AvgIpc) is 2.34. The summed E-state index contributed by atoms with van der Waals surface area (Å²) in [6.07, 6.45) is -0.671. The Morgan fingerprint density at radius 2 is 1.72 bits per heavy atom. The normalized spacial score (nSPS) is 12.4. The maximum absolute atomic E-state index is 10.2. The first-order valence-electron chi connectivity index (χ1n) is 5.72. The topological polar surface area (TPSA) is 50.7 Å². The van der Waals surface area contributed by atoms with Gasteiger partial charge in [-0.3, -0.25) is 0 Å². The van der Waals surface area contributed by atoms with Crippen molar-refractivity contribution < 1.29 is 14.6 Å². The van der Waals surface area contributed by atoms with Gasteiger partial charge in [-0.25, -0.2) is 0 Å². The van der Waals surface area contributed by atoms with Gasteiger partial charge in [0, 0.05) is 23.2 Å². The first kappa shape index (κ1) is 15.1. The summed E-state index contributed by atoms with van der Waals surface area (Å²) in [6, 6.07) is 0. The Hall–Kier alpha value is -0.970. The highest BCUT2D eigenvalue weighted by atomic mass is 35.5. The first-order valence-corrected chi connectivity index (χ1v) is 6.10. The van der Waals surface area contributed by atoms with Gasteiger partial charge in [-0.15, -0.1) is 0 Å². The Balaban J connectivity index is 3.51. The molecule has 0 aliphatic rings. The highest BCUT2D eigenvalue weighted by molar-refractivity contribution is 6.33. The first-order chi connectivity index (χ1) is 8.49. The van der Waals surface area contributed by atoms with Crippen molar-refractivity contribution in [3.8, 4) is 11.5 Å². The second-order valence-electron chi connectivity index (χ2n) is 4.12. The molecule has 1 rings (SSSR count). The van der Waals surface area contributed by atoms with E-state index in [1.165, 1.54) is 0 Å². The molecule has 1 unspecified atom stereocenters. The van der Waals surface area contributed by atoms with E-state index < -0.39 is 6.10 Å². The van der Waals surface area contributed by atoms with Crippen LogP contribution in [0.4, 0.5) is 0 Å². The second-order valence-corrected chi connectivity index (χ2v) is 4.50. The molecule has 102 valence electrons. The average molecular weight is 274 g/mol. The number of nitrogens with one attached hydrogen (secondary N) is 1. The van der Waals surface area contributed by atoms with E-state index in [2.05, 4.69) is 5.32 Å². The third-order valence-corrected chi connectivity index (χ3v) is 3.45. The second kappa shape index (κ2) is 6.27. The maximum Gasteiger partial charge on any atom is 0.141 e. The molecule has 0 saturated heterocycles. The maximum atomic E-state index is 10.2. The van der Waals surface area contributed by atoms with Gasteiger partial charge in [0.2, 0.25) is 0 Å². The minimum absolute atomic E-state index is 0.432. The SMILES string of the molecule is CNCC(O)c1c(C)c(OC)c(Cl)c(C)c1OC. The van der Waals surface area contributed by atoms with Crippen LogP contribution in [-0.4, -0.2) is 32.9 Å². The zero-order valence-electron chi connectivity index (χ0n) is 11.4. The molecule has 0 aliphatic heterocycles. The van der Waals surface area contributed by atoms with Gasteiger partial charge in [-0.1, -0.05) is 11.6 Å². The number of ether oxygens (including phenoxy) is 2. The van der Waals surface area contributed by atoms with Crippen LogP contribution >= 0.6 is 11.6 Å². The largest absolute Gasteiger partial charge is 0.496 e. The smallest absolute Gasteiger partial charge is 0.141 e. The lowest BCUT2D eigenvalue weighted by molar-refractivity contribution is 0.172. The van der Waals surface area contributed by atoms with Crippen molar-refractivity contribution >= 4 is 11.6 Å². The van der Waals surface area contributed by atoms with Crippen molar-refractivity contribution in [1.29, 1.82) is 0 Å². The molecule has 5 heteroatoms. The highest BCUT2D eigenvalue weighted by Crippen LogP contribution is 2.43. The lowest BCUT2D eigenvalue weighted by Crippen LogP contribution is -2.19. The van der Waals surface area contributed by atoms with Crippen molar-refractivity contribution in [3.05, 3.63) is 21.7 Å². The summed E-state index contributed by atoms with van der Waals surface area (Å²) in [5.41, 5.74) is 2.28. The minimum Gasteiger partial charge on any atom is -0.496 e. The van der Waals surface area contributed by atoms with Crippen molar-refractivity contribution in [2.24, 2.45) is 0 Å². The van der Waals surface area contributed by atoms with Crippen LogP contribution in [0.3, 0.4) is 0 Å². The van der Waals surface area contributed by atoms with Crippen molar-refractivity contribution in [3.63, 3.8) is 0 Å². The molecule has 2 N–H and O–H groups in total.